The van der Waals surface area contributed by atoms with E-state index in [9.17, 15) is 14.9 Å². The highest BCUT2D eigenvalue weighted by atomic mass is 32.1. The Hall–Kier alpha value is -2.28. The van der Waals surface area contributed by atoms with Gasteiger partial charge >= 0.3 is 0 Å². The molecule has 1 aliphatic rings. The Kier molecular flexibility index (Phi) is 3.66. The largest absolute Gasteiger partial charge is 0.346 e. The fourth-order valence-corrected chi connectivity index (χ4v) is 3.21. The van der Waals surface area contributed by atoms with Gasteiger partial charge in [0.25, 0.3) is 11.6 Å². The van der Waals surface area contributed by atoms with Gasteiger partial charge < -0.3 is 5.32 Å². The second kappa shape index (κ2) is 5.49. The lowest BCUT2D eigenvalue weighted by Gasteiger charge is -2.38. The molecule has 1 fully saturated rings. The summed E-state index contributed by atoms with van der Waals surface area (Å²) in [5.41, 5.74) is 1.10. The van der Waals surface area contributed by atoms with E-state index in [0.29, 0.717) is 10.7 Å². The van der Waals surface area contributed by atoms with Crippen LogP contribution in [0.1, 0.15) is 36.7 Å². The molecule has 1 aliphatic carbocycles. The van der Waals surface area contributed by atoms with Gasteiger partial charge in [0, 0.05) is 28.6 Å². The van der Waals surface area contributed by atoms with Crippen LogP contribution in [0.15, 0.2) is 29.6 Å². The molecule has 0 aliphatic heterocycles. The Morgan fingerprint density at radius 3 is 2.59 bits per heavy atom. The van der Waals surface area contributed by atoms with Crippen LogP contribution < -0.4 is 5.32 Å². The molecular weight excluding hydrogens is 302 g/mol. The van der Waals surface area contributed by atoms with Crippen molar-refractivity contribution in [2.75, 3.05) is 0 Å². The molecule has 1 N–H and O–H groups in total. The summed E-state index contributed by atoms with van der Waals surface area (Å²) in [5, 5.41) is 16.1. The first kappa shape index (κ1) is 14.6. The van der Waals surface area contributed by atoms with Crippen LogP contribution in [0.25, 0.3) is 10.6 Å². The van der Waals surface area contributed by atoms with Crippen LogP contribution in [0.5, 0.6) is 0 Å². The van der Waals surface area contributed by atoms with Crippen molar-refractivity contribution in [2.45, 2.75) is 31.7 Å². The summed E-state index contributed by atoms with van der Waals surface area (Å²) < 4.78 is 0. The number of nitrogens with zero attached hydrogens (tertiary/aromatic N) is 2. The number of hydrogen-bond donors (Lipinski definition) is 1. The summed E-state index contributed by atoms with van der Waals surface area (Å²) in [7, 11) is 0. The Morgan fingerprint density at radius 1 is 1.36 bits per heavy atom. The van der Waals surface area contributed by atoms with Gasteiger partial charge in [-0.05, 0) is 38.3 Å². The molecular formula is C15H15N3O3S. The lowest BCUT2D eigenvalue weighted by Crippen LogP contribution is -2.51. The number of amides is 1. The van der Waals surface area contributed by atoms with E-state index < -0.39 is 4.92 Å². The molecule has 6 nitrogen and oxygen atoms in total. The maximum Gasteiger partial charge on any atom is 0.271 e. The minimum absolute atomic E-state index is 0.0381. The van der Waals surface area contributed by atoms with E-state index in [-0.39, 0.29) is 17.1 Å². The second-order valence-electron chi connectivity index (χ2n) is 5.71. The zero-order valence-electron chi connectivity index (χ0n) is 12.0. The van der Waals surface area contributed by atoms with Gasteiger partial charge in [-0.2, -0.15) is 0 Å². The third-order valence-electron chi connectivity index (χ3n) is 3.93. The first-order valence-electron chi connectivity index (χ1n) is 7.00. The standard InChI is InChI=1S/C15H15N3O3S/c1-15(7-2-8-15)17-13(19)12-9-22-14(16-12)10-3-5-11(6-4-10)18(20)21/h3-6,9H,2,7-8H2,1H3,(H,17,19). The molecule has 2 aromatic rings. The zero-order chi connectivity index (χ0) is 15.7. The highest BCUT2D eigenvalue weighted by Crippen LogP contribution is 2.31. The molecule has 0 spiro atoms. The Morgan fingerprint density at radius 2 is 2.05 bits per heavy atom. The molecule has 0 bridgehead atoms. The number of carbonyl (C=O) groups excluding carboxylic acids is 1. The molecule has 0 atom stereocenters. The number of nitro groups is 1. The molecule has 114 valence electrons. The molecule has 0 unspecified atom stereocenters. The van der Waals surface area contributed by atoms with Crippen LogP contribution >= 0.6 is 11.3 Å². The highest BCUT2D eigenvalue weighted by molar-refractivity contribution is 7.13. The molecule has 0 saturated heterocycles. The van der Waals surface area contributed by atoms with E-state index in [4.69, 9.17) is 0 Å². The fraction of sp³-hybridized carbons (Fsp3) is 0.333. The normalized spacial score (nSPS) is 15.9. The van der Waals surface area contributed by atoms with Crippen LogP contribution in [-0.2, 0) is 0 Å². The molecule has 1 aromatic heterocycles. The molecule has 1 aromatic carbocycles. The van der Waals surface area contributed by atoms with Gasteiger partial charge in [0.1, 0.15) is 10.7 Å². The van der Waals surface area contributed by atoms with Crippen LogP contribution in [0.3, 0.4) is 0 Å². The molecule has 0 radical (unpaired) electrons. The number of non-ortho nitro benzene ring substituents is 1. The van der Waals surface area contributed by atoms with Crippen LogP contribution in [0, 0.1) is 10.1 Å². The predicted molar refractivity (Wildman–Crippen MR) is 83.9 cm³/mol. The Bertz CT molecular complexity index is 720. The topological polar surface area (TPSA) is 85.1 Å². The van der Waals surface area contributed by atoms with Crippen LogP contribution in [-0.4, -0.2) is 21.4 Å². The molecule has 7 heteroatoms. The van der Waals surface area contributed by atoms with Gasteiger partial charge in [-0.3, -0.25) is 14.9 Å². The maximum absolute atomic E-state index is 12.2. The molecule has 3 rings (SSSR count). The summed E-state index contributed by atoms with van der Waals surface area (Å²) in [5.74, 6) is -0.161. The van der Waals surface area contributed by atoms with Gasteiger partial charge in [-0.1, -0.05) is 0 Å². The molecule has 1 saturated carbocycles. The van der Waals surface area contributed by atoms with Gasteiger partial charge in [0.2, 0.25) is 0 Å². The van der Waals surface area contributed by atoms with Crippen molar-refractivity contribution in [3.63, 3.8) is 0 Å². The summed E-state index contributed by atoms with van der Waals surface area (Å²) in [6, 6.07) is 6.16. The number of benzene rings is 1. The lowest BCUT2D eigenvalue weighted by atomic mass is 9.78. The van der Waals surface area contributed by atoms with E-state index in [2.05, 4.69) is 10.3 Å². The van der Waals surface area contributed by atoms with E-state index in [1.165, 1.54) is 23.5 Å². The van der Waals surface area contributed by atoms with Crippen molar-refractivity contribution >= 4 is 22.9 Å². The van der Waals surface area contributed by atoms with E-state index in [1.54, 1.807) is 17.5 Å². The third-order valence-corrected chi connectivity index (χ3v) is 4.83. The monoisotopic (exact) mass is 317 g/mol. The van der Waals surface area contributed by atoms with Crippen molar-refractivity contribution in [2.24, 2.45) is 0 Å². The number of rotatable bonds is 4. The average molecular weight is 317 g/mol. The van der Waals surface area contributed by atoms with Crippen molar-refractivity contribution in [1.82, 2.24) is 10.3 Å². The minimum Gasteiger partial charge on any atom is -0.346 e. The smallest absolute Gasteiger partial charge is 0.271 e. The van der Waals surface area contributed by atoms with Crippen molar-refractivity contribution in [3.8, 4) is 10.6 Å². The lowest BCUT2D eigenvalue weighted by molar-refractivity contribution is -0.384. The fourth-order valence-electron chi connectivity index (χ4n) is 2.41. The number of aromatic nitrogens is 1. The Balaban J connectivity index is 1.75. The van der Waals surface area contributed by atoms with Gasteiger partial charge in [-0.25, -0.2) is 4.98 Å². The van der Waals surface area contributed by atoms with E-state index in [0.717, 1.165) is 24.8 Å². The van der Waals surface area contributed by atoms with Crippen molar-refractivity contribution < 1.29 is 9.72 Å². The number of nitro benzene ring substituents is 1. The maximum atomic E-state index is 12.2. The van der Waals surface area contributed by atoms with Crippen molar-refractivity contribution in [1.29, 1.82) is 0 Å². The molecule has 1 amide bonds. The summed E-state index contributed by atoms with van der Waals surface area (Å²) in [6.07, 6.45) is 3.14. The van der Waals surface area contributed by atoms with E-state index in [1.807, 2.05) is 6.92 Å². The molecule has 22 heavy (non-hydrogen) atoms. The summed E-state index contributed by atoms with van der Waals surface area (Å²) in [4.78, 5) is 26.7. The quantitative estimate of drug-likeness (QED) is 0.692. The molecule has 1 heterocycles. The van der Waals surface area contributed by atoms with Crippen LogP contribution in [0.2, 0.25) is 0 Å². The Labute approximate surface area is 131 Å². The minimum atomic E-state index is -0.441. The number of thiazole rings is 1. The highest BCUT2D eigenvalue weighted by Gasteiger charge is 2.33. The number of hydrogen-bond acceptors (Lipinski definition) is 5. The average Bonchev–Trinajstić information content (AvgIpc) is 2.95. The SMILES string of the molecule is CC1(NC(=O)c2csc(-c3ccc([N+](=O)[O-])cc3)n2)CCC1. The summed E-state index contributed by atoms with van der Waals surface area (Å²) in [6.45, 7) is 2.04. The van der Waals surface area contributed by atoms with Gasteiger partial charge in [-0.15, -0.1) is 11.3 Å². The van der Waals surface area contributed by atoms with Crippen LogP contribution in [0.4, 0.5) is 5.69 Å². The van der Waals surface area contributed by atoms with Gasteiger partial charge in [0.05, 0.1) is 4.92 Å². The zero-order valence-corrected chi connectivity index (χ0v) is 12.9. The number of carbonyl (C=O) groups is 1. The summed E-state index contributed by atoms with van der Waals surface area (Å²) >= 11 is 1.36. The van der Waals surface area contributed by atoms with Gasteiger partial charge in [0.15, 0.2) is 0 Å². The second-order valence-corrected chi connectivity index (χ2v) is 6.57. The number of nitrogens with one attached hydrogen (secondary N) is 1. The predicted octanol–water partition coefficient (Wildman–Crippen LogP) is 3.39. The first-order valence-corrected chi connectivity index (χ1v) is 7.88. The first-order chi connectivity index (χ1) is 10.5. The van der Waals surface area contributed by atoms with E-state index >= 15 is 0 Å². The van der Waals surface area contributed by atoms with Crippen molar-refractivity contribution in [3.05, 3.63) is 45.5 Å². The third kappa shape index (κ3) is 2.85.